The van der Waals surface area contributed by atoms with E-state index in [0.717, 1.165) is 6.29 Å². The molecule has 3 aliphatic rings. The van der Waals surface area contributed by atoms with Crippen LogP contribution in [0.4, 0.5) is 0 Å². The van der Waals surface area contributed by atoms with Gasteiger partial charge < -0.3 is 9.53 Å². The molecule has 0 spiro atoms. The van der Waals surface area contributed by atoms with Gasteiger partial charge in [0.1, 0.15) is 12.4 Å². The second-order valence-corrected chi connectivity index (χ2v) is 11.9. The number of carbonyl (C=O) groups is 1. The van der Waals surface area contributed by atoms with Crippen LogP contribution in [0.15, 0.2) is 0 Å². The molecule has 0 bridgehead atoms. The molecule has 2 aliphatic carbocycles. The summed E-state index contributed by atoms with van der Waals surface area (Å²) >= 11 is 0. The van der Waals surface area contributed by atoms with Crippen LogP contribution >= 0.6 is 0 Å². The van der Waals surface area contributed by atoms with Gasteiger partial charge in [-0.1, -0.05) is 69.2 Å². The van der Waals surface area contributed by atoms with Crippen molar-refractivity contribution in [2.45, 2.75) is 81.4 Å². The zero-order chi connectivity index (χ0) is 18.5. The molecule has 1 heterocycles. The van der Waals surface area contributed by atoms with Crippen LogP contribution in [0.3, 0.4) is 0 Å². The van der Waals surface area contributed by atoms with Crippen molar-refractivity contribution in [2.75, 3.05) is 0 Å². The van der Waals surface area contributed by atoms with Gasteiger partial charge in [-0.05, 0) is 45.3 Å². The van der Waals surface area contributed by atoms with E-state index < -0.39 is 0 Å². The van der Waals surface area contributed by atoms with Crippen LogP contribution in [0.5, 0.6) is 0 Å². The minimum atomic E-state index is -0.224. The Morgan fingerprint density at radius 1 is 0.958 bits per heavy atom. The number of hydrogen-bond donors (Lipinski definition) is 0. The lowest BCUT2D eigenvalue weighted by molar-refractivity contribution is -0.388. The van der Waals surface area contributed by atoms with Crippen LogP contribution in [0.2, 0.25) is 0 Å². The summed E-state index contributed by atoms with van der Waals surface area (Å²) in [6.45, 7) is 23.6. The molecule has 1 saturated heterocycles. The number of hydrogen-bond acceptors (Lipinski definition) is 2. The van der Waals surface area contributed by atoms with Crippen LogP contribution in [0, 0.1) is 51.2 Å². The van der Waals surface area contributed by atoms with Gasteiger partial charge in [0.15, 0.2) is 0 Å². The molecule has 3 rings (SSSR count). The third kappa shape index (κ3) is 2.01. The highest BCUT2D eigenvalue weighted by Gasteiger charge is 2.80. The number of aldehydes is 1. The molecule has 24 heavy (non-hydrogen) atoms. The summed E-state index contributed by atoms with van der Waals surface area (Å²) in [6.07, 6.45) is 1.03. The Labute approximate surface area is 149 Å². The Morgan fingerprint density at radius 2 is 1.50 bits per heavy atom. The van der Waals surface area contributed by atoms with Crippen molar-refractivity contribution < 1.29 is 9.53 Å². The van der Waals surface area contributed by atoms with E-state index >= 15 is 0 Å². The molecule has 0 radical (unpaired) electrons. The summed E-state index contributed by atoms with van der Waals surface area (Å²) in [5, 5.41) is 0. The van der Waals surface area contributed by atoms with Crippen LogP contribution in [-0.2, 0) is 9.53 Å². The lowest BCUT2D eigenvalue weighted by Gasteiger charge is -2.83. The van der Waals surface area contributed by atoms with Crippen LogP contribution in [-0.4, -0.2) is 18.5 Å². The maximum atomic E-state index is 11.9. The molecule has 8 atom stereocenters. The van der Waals surface area contributed by atoms with Crippen molar-refractivity contribution in [3.05, 3.63) is 0 Å². The maximum absolute atomic E-state index is 11.9. The molecule has 1 aliphatic heterocycles. The highest BCUT2D eigenvalue weighted by atomic mass is 16.5. The van der Waals surface area contributed by atoms with Crippen molar-refractivity contribution >= 4 is 6.29 Å². The molecular weight excluding hydrogens is 296 g/mol. The summed E-state index contributed by atoms with van der Waals surface area (Å²) in [5.74, 6) is 2.86. The van der Waals surface area contributed by atoms with Crippen LogP contribution in [0.1, 0.15) is 69.2 Å². The summed E-state index contributed by atoms with van der Waals surface area (Å²) in [6, 6.07) is 0. The molecule has 6 unspecified atom stereocenters. The average molecular weight is 335 g/mol. The second kappa shape index (κ2) is 4.87. The lowest BCUT2D eigenvalue weighted by Crippen LogP contribution is -2.81. The molecule has 2 heteroatoms. The summed E-state index contributed by atoms with van der Waals surface area (Å²) < 4.78 is 6.54. The molecule has 0 aromatic carbocycles. The summed E-state index contributed by atoms with van der Waals surface area (Å²) in [5.41, 5.74) is 0.874. The standard InChI is InChI=1S/C22H38O2/c1-12-21(8,9)17-14-15(22(12,17)10)13(11-23)24-18(20(5,6)7)16(14)19(2,3)4/h11-18H,1-10H3/t12-,13?,14?,15?,16?,17?,18?,22+/m1/s1. The van der Waals surface area contributed by atoms with E-state index in [1.165, 1.54) is 0 Å². The Hall–Kier alpha value is -0.370. The fourth-order valence-corrected chi connectivity index (χ4v) is 7.39. The Bertz CT molecular complexity index is 535. The quantitative estimate of drug-likeness (QED) is 0.616. The Kier molecular flexibility index (Phi) is 3.74. The first-order chi connectivity index (χ1) is 10.7. The van der Waals surface area contributed by atoms with E-state index in [-0.39, 0.29) is 28.5 Å². The zero-order valence-electron chi connectivity index (χ0n) is 17.4. The largest absolute Gasteiger partial charge is 0.366 e. The normalized spacial score (nSPS) is 50.2. The van der Waals surface area contributed by atoms with Crippen LogP contribution in [0.25, 0.3) is 0 Å². The van der Waals surface area contributed by atoms with Gasteiger partial charge >= 0.3 is 0 Å². The van der Waals surface area contributed by atoms with Crippen LogP contribution < -0.4 is 0 Å². The summed E-state index contributed by atoms with van der Waals surface area (Å²) in [4.78, 5) is 11.9. The second-order valence-electron chi connectivity index (χ2n) is 11.9. The monoisotopic (exact) mass is 334 g/mol. The first-order valence-electron chi connectivity index (χ1n) is 9.81. The van der Waals surface area contributed by atoms with E-state index in [1.54, 1.807) is 0 Å². The first kappa shape index (κ1) is 18.4. The van der Waals surface area contributed by atoms with E-state index in [0.29, 0.717) is 35.0 Å². The van der Waals surface area contributed by atoms with Gasteiger partial charge in [0.05, 0.1) is 6.10 Å². The molecule has 0 aromatic rings. The van der Waals surface area contributed by atoms with Gasteiger partial charge in [-0.15, -0.1) is 0 Å². The first-order valence-corrected chi connectivity index (χ1v) is 9.81. The third-order valence-electron chi connectivity index (χ3n) is 8.42. The van der Waals surface area contributed by atoms with Crippen molar-refractivity contribution in [2.24, 2.45) is 51.2 Å². The Balaban J connectivity index is 2.08. The van der Waals surface area contributed by atoms with Gasteiger partial charge in [-0.25, -0.2) is 0 Å². The van der Waals surface area contributed by atoms with Gasteiger partial charge in [-0.2, -0.15) is 0 Å². The number of carbonyl (C=O) groups excluding carboxylic acids is 1. The molecule has 0 aromatic heterocycles. The highest BCUT2D eigenvalue weighted by Crippen LogP contribution is 2.82. The van der Waals surface area contributed by atoms with Gasteiger partial charge in [0.2, 0.25) is 0 Å². The van der Waals surface area contributed by atoms with Crippen molar-refractivity contribution in [1.82, 2.24) is 0 Å². The molecule has 138 valence electrons. The number of fused-ring (bicyclic) bond motifs is 4. The Morgan fingerprint density at radius 3 is 1.92 bits per heavy atom. The minimum absolute atomic E-state index is 0.0513. The number of ether oxygens (including phenoxy) is 1. The van der Waals surface area contributed by atoms with Crippen molar-refractivity contribution in [1.29, 1.82) is 0 Å². The van der Waals surface area contributed by atoms with Crippen molar-refractivity contribution in [3.63, 3.8) is 0 Å². The van der Waals surface area contributed by atoms with E-state index in [1.807, 2.05) is 0 Å². The van der Waals surface area contributed by atoms with Gasteiger partial charge in [0.25, 0.3) is 0 Å². The predicted molar refractivity (Wildman–Crippen MR) is 98.6 cm³/mol. The zero-order valence-corrected chi connectivity index (χ0v) is 17.4. The van der Waals surface area contributed by atoms with Crippen molar-refractivity contribution in [3.8, 4) is 0 Å². The fourth-order valence-electron chi connectivity index (χ4n) is 7.39. The highest BCUT2D eigenvalue weighted by molar-refractivity contribution is 5.59. The van der Waals surface area contributed by atoms with E-state index in [2.05, 4.69) is 69.2 Å². The minimum Gasteiger partial charge on any atom is -0.366 e. The molecule has 3 fully saturated rings. The molecule has 2 nitrogen and oxygen atoms in total. The molecule has 2 saturated carbocycles. The predicted octanol–water partition coefficient (Wildman–Crippen LogP) is 5.21. The third-order valence-corrected chi connectivity index (χ3v) is 8.42. The SMILES string of the molecule is C[C@@H]1C(C)(C)C2C3C(C(C)(C)C)C(C(C)(C)C)OC(C=O)C3[C@@]21C. The number of rotatable bonds is 1. The van der Waals surface area contributed by atoms with E-state index in [9.17, 15) is 4.79 Å². The lowest BCUT2D eigenvalue weighted by atomic mass is 9.23. The maximum Gasteiger partial charge on any atom is 0.149 e. The molecule has 0 N–H and O–H groups in total. The smallest absolute Gasteiger partial charge is 0.149 e. The molecular formula is C22H38O2. The van der Waals surface area contributed by atoms with E-state index in [4.69, 9.17) is 4.74 Å². The van der Waals surface area contributed by atoms with Gasteiger partial charge in [0, 0.05) is 5.92 Å². The topological polar surface area (TPSA) is 26.3 Å². The fraction of sp³-hybridized carbons (Fsp3) is 0.955. The average Bonchev–Trinajstić information content (AvgIpc) is 2.40. The van der Waals surface area contributed by atoms with Gasteiger partial charge in [-0.3, -0.25) is 0 Å². The molecule has 0 amide bonds. The summed E-state index contributed by atoms with van der Waals surface area (Å²) in [7, 11) is 0.